The molecule has 5 nitrogen and oxygen atoms in total. The number of para-hydroxylation sites is 1. The van der Waals surface area contributed by atoms with Gasteiger partial charge in [0.2, 0.25) is 0 Å². The molecule has 0 bridgehead atoms. The Balaban J connectivity index is 2.25. The summed E-state index contributed by atoms with van der Waals surface area (Å²) >= 11 is 0. The van der Waals surface area contributed by atoms with Crippen LogP contribution in [0.1, 0.15) is 11.1 Å². The number of benzene rings is 2. The number of nitrogens with one attached hydrogen (secondary N) is 1. The number of amidine groups is 1. The molecule has 2 aromatic rings. The van der Waals surface area contributed by atoms with E-state index in [1.54, 1.807) is 17.0 Å². The standard InChI is InChI=1S/C16H17N3O2/c17-16(18)13-6-4-5-12(9-13)10-19(11-15(20)21)14-7-2-1-3-8-14/h1-9H,10-11H2,(H3,17,18)(H,20,21). The minimum Gasteiger partial charge on any atom is -0.480 e. The van der Waals surface area contributed by atoms with Crippen molar-refractivity contribution in [3.8, 4) is 0 Å². The second kappa shape index (κ2) is 6.56. The molecular formula is C16H17N3O2. The van der Waals surface area contributed by atoms with Crippen molar-refractivity contribution in [3.63, 3.8) is 0 Å². The minimum atomic E-state index is -0.887. The van der Waals surface area contributed by atoms with E-state index in [0.29, 0.717) is 12.1 Å². The topological polar surface area (TPSA) is 90.4 Å². The van der Waals surface area contributed by atoms with Crippen LogP contribution < -0.4 is 10.6 Å². The number of carbonyl (C=O) groups is 1. The fraction of sp³-hybridized carbons (Fsp3) is 0.125. The van der Waals surface area contributed by atoms with Gasteiger partial charge in [-0.1, -0.05) is 36.4 Å². The summed E-state index contributed by atoms with van der Waals surface area (Å²) in [5, 5.41) is 16.5. The molecule has 0 unspecified atom stereocenters. The van der Waals surface area contributed by atoms with Gasteiger partial charge >= 0.3 is 5.97 Å². The van der Waals surface area contributed by atoms with Crippen LogP contribution in [0.25, 0.3) is 0 Å². The average molecular weight is 283 g/mol. The van der Waals surface area contributed by atoms with Gasteiger partial charge in [-0.25, -0.2) is 0 Å². The summed E-state index contributed by atoms with van der Waals surface area (Å²) in [5.74, 6) is -0.886. The SMILES string of the molecule is N=C(N)c1cccc(CN(CC(=O)O)c2ccccc2)c1. The van der Waals surface area contributed by atoms with Crippen molar-refractivity contribution in [3.05, 3.63) is 65.7 Å². The number of nitrogens with two attached hydrogens (primary N) is 1. The molecule has 0 aromatic heterocycles. The van der Waals surface area contributed by atoms with Crippen molar-refractivity contribution < 1.29 is 9.90 Å². The third-order valence-corrected chi connectivity index (χ3v) is 3.06. The van der Waals surface area contributed by atoms with E-state index >= 15 is 0 Å². The van der Waals surface area contributed by atoms with E-state index < -0.39 is 5.97 Å². The Morgan fingerprint density at radius 2 is 1.86 bits per heavy atom. The van der Waals surface area contributed by atoms with Crippen LogP contribution in [0.5, 0.6) is 0 Å². The third kappa shape index (κ3) is 4.07. The molecule has 0 saturated carbocycles. The van der Waals surface area contributed by atoms with E-state index in [-0.39, 0.29) is 12.4 Å². The first-order chi connectivity index (χ1) is 10.1. The van der Waals surface area contributed by atoms with Crippen molar-refractivity contribution in [2.24, 2.45) is 5.73 Å². The van der Waals surface area contributed by atoms with E-state index in [2.05, 4.69) is 0 Å². The van der Waals surface area contributed by atoms with E-state index in [9.17, 15) is 4.79 Å². The van der Waals surface area contributed by atoms with Crippen molar-refractivity contribution in [1.82, 2.24) is 0 Å². The zero-order chi connectivity index (χ0) is 15.2. The molecule has 0 aliphatic rings. The number of hydrogen-bond donors (Lipinski definition) is 3. The van der Waals surface area contributed by atoms with E-state index in [1.807, 2.05) is 42.5 Å². The molecule has 0 atom stereocenters. The molecule has 0 spiro atoms. The highest BCUT2D eigenvalue weighted by atomic mass is 16.4. The lowest BCUT2D eigenvalue weighted by atomic mass is 10.1. The summed E-state index contributed by atoms with van der Waals surface area (Å²) in [6, 6.07) is 16.6. The number of aliphatic carboxylic acids is 1. The Morgan fingerprint density at radius 1 is 1.14 bits per heavy atom. The van der Waals surface area contributed by atoms with E-state index in [0.717, 1.165) is 11.3 Å². The number of carboxylic acid groups (broad SMARTS) is 1. The van der Waals surface area contributed by atoms with Crippen molar-refractivity contribution >= 4 is 17.5 Å². The second-order valence-corrected chi connectivity index (χ2v) is 4.70. The molecule has 0 aliphatic heterocycles. The number of carboxylic acids is 1. The van der Waals surface area contributed by atoms with E-state index in [1.165, 1.54) is 0 Å². The van der Waals surface area contributed by atoms with Gasteiger partial charge < -0.3 is 15.7 Å². The zero-order valence-electron chi connectivity index (χ0n) is 11.5. The van der Waals surface area contributed by atoms with Crippen LogP contribution in [0.2, 0.25) is 0 Å². The average Bonchev–Trinajstić information content (AvgIpc) is 2.47. The molecule has 0 radical (unpaired) electrons. The van der Waals surface area contributed by atoms with Crippen LogP contribution in [0.3, 0.4) is 0 Å². The predicted octanol–water partition coefficient (Wildman–Crippen LogP) is 2.06. The minimum absolute atomic E-state index is 0.00125. The fourth-order valence-corrected chi connectivity index (χ4v) is 2.10. The van der Waals surface area contributed by atoms with Crippen molar-refractivity contribution in [2.75, 3.05) is 11.4 Å². The molecule has 21 heavy (non-hydrogen) atoms. The third-order valence-electron chi connectivity index (χ3n) is 3.06. The lowest BCUT2D eigenvalue weighted by molar-refractivity contribution is -0.135. The molecule has 0 heterocycles. The van der Waals surface area contributed by atoms with Gasteiger partial charge in [-0.15, -0.1) is 0 Å². The van der Waals surface area contributed by atoms with Crippen LogP contribution in [-0.4, -0.2) is 23.5 Å². The highest BCUT2D eigenvalue weighted by Crippen LogP contribution is 2.17. The molecule has 0 amide bonds. The number of nitrogens with zero attached hydrogens (tertiary/aromatic N) is 1. The van der Waals surface area contributed by atoms with Gasteiger partial charge in [0, 0.05) is 17.8 Å². The van der Waals surface area contributed by atoms with Crippen LogP contribution in [0.4, 0.5) is 5.69 Å². The van der Waals surface area contributed by atoms with Gasteiger partial charge in [0.1, 0.15) is 12.4 Å². The number of anilines is 1. The van der Waals surface area contributed by atoms with Gasteiger partial charge in [-0.3, -0.25) is 10.2 Å². The summed E-state index contributed by atoms with van der Waals surface area (Å²) in [6.45, 7) is 0.353. The maximum atomic E-state index is 11.1. The largest absolute Gasteiger partial charge is 0.480 e. The number of hydrogen-bond acceptors (Lipinski definition) is 3. The summed E-state index contributed by atoms with van der Waals surface area (Å²) in [4.78, 5) is 12.8. The number of rotatable bonds is 6. The Kier molecular flexibility index (Phi) is 4.56. The monoisotopic (exact) mass is 283 g/mol. The van der Waals surface area contributed by atoms with Gasteiger partial charge in [0.15, 0.2) is 0 Å². The highest BCUT2D eigenvalue weighted by molar-refractivity contribution is 5.95. The highest BCUT2D eigenvalue weighted by Gasteiger charge is 2.11. The van der Waals surface area contributed by atoms with Gasteiger partial charge in [0.05, 0.1) is 0 Å². The maximum Gasteiger partial charge on any atom is 0.323 e. The zero-order valence-corrected chi connectivity index (χ0v) is 11.5. The smallest absolute Gasteiger partial charge is 0.323 e. The molecular weight excluding hydrogens is 266 g/mol. The Hall–Kier alpha value is -2.82. The molecule has 2 rings (SSSR count). The second-order valence-electron chi connectivity index (χ2n) is 4.70. The first kappa shape index (κ1) is 14.6. The Bertz CT molecular complexity index is 641. The summed E-state index contributed by atoms with van der Waals surface area (Å²) in [6.07, 6.45) is 0. The van der Waals surface area contributed by atoms with Crippen LogP contribution in [0.15, 0.2) is 54.6 Å². The molecule has 0 saturated heterocycles. The predicted molar refractivity (Wildman–Crippen MR) is 82.6 cm³/mol. The Labute approximate surface area is 123 Å². The molecule has 108 valence electrons. The van der Waals surface area contributed by atoms with Crippen LogP contribution in [0, 0.1) is 5.41 Å². The fourth-order valence-electron chi connectivity index (χ4n) is 2.10. The summed E-state index contributed by atoms with van der Waals surface area (Å²) in [5.41, 5.74) is 7.87. The quantitative estimate of drug-likeness (QED) is 0.559. The van der Waals surface area contributed by atoms with Crippen LogP contribution >= 0.6 is 0 Å². The van der Waals surface area contributed by atoms with Gasteiger partial charge in [-0.2, -0.15) is 0 Å². The molecule has 0 aliphatic carbocycles. The maximum absolute atomic E-state index is 11.1. The lowest BCUT2D eigenvalue weighted by Gasteiger charge is -2.23. The molecule has 2 aromatic carbocycles. The van der Waals surface area contributed by atoms with Crippen molar-refractivity contribution in [1.29, 1.82) is 5.41 Å². The molecule has 5 heteroatoms. The first-order valence-corrected chi connectivity index (χ1v) is 6.51. The Morgan fingerprint density at radius 3 is 2.48 bits per heavy atom. The summed E-state index contributed by atoms with van der Waals surface area (Å²) < 4.78 is 0. The van der Waals surface area contributed by atoms with Gasteiger partial charge in [0.25, 0.3) is 0 Å². The van der Waals surface area contributed by atoms with Crippen LogP contribution in [-0.2, 0) is 11.3 Å². The molecule has 0 fully saturated rings. The van der Waals surface area contributed by atoms with Crippen molar-refractivity contribution in [2.45, 2.75) is 6.54 Å². The lowest BCUT2D eigenvalue weighted by Crippen LogP contribution is -2.29. The number of nitrogen functional groups attached to an aromatic ring is 1. The normalized spacial score (nSPS) is 10.1. The molecule has 4 N–H and O–H groups in total. The first-order valence-electron chi connectivity index (χ1n) is 6.51. The van der Waals surface area contributed by atoms with E-state index in [4.69, 9.17) is 16.2 Å². The summed E-state index contributed by atoms with van der Waals surface area (Å²) in [7, 11) is 0. The van der Waals surface area contributed by atoms with Gasteiger partial charge in [-0.05, 0) is 23.8 Å².